The maximum absolute atomic E-state index is 11.9. The Kier molecular flexibility index (Phi) is 30.4. The maximum atomic E-state index is 11.9. The number of hydrogen-bond acceptors (Lipinski definition) is 0. The van der Waals surface area contributed by atoms with Gasteiger partial charge in [-0.05, 0) is 75.3 Å². The number of hydrogen-bond donors (Lipinski definition) is 0. The van der Waals surface area contributed by atoms with E-state index in [0.29, 0.717) is 0 Å². The molecule has 0 bridgehead atoms. The molecule has 0 saturated carbocycles. The van der Waals surface area contributed by atoms with Gasteiger partial charge in [-0.2, -0.15) is 0 Å². The predicted octanol–water partition coefficient (Wildman–Crippen LogP) is 18.6. The second kappa shape index (κ2) is 33.9. The van der Waals surface area contributed by atoms with E-state index in [4.69, 9.17) is 0 Å². The van der Waals surface area contributed by atoms with Crippen molar-refractivity contribution < 1.29 is 19.1 Å². The van der Waals surface area contributed by atoms with Crippen molar-refractivity contribution in [3.05, 3.63) is 87.5 Å². The molecule has 0 aromatic heterocycles. The van der Waals surface area contributed by atoms with Gasteiger partial charge in [0.05, 0.1) is 0 Å². The number of rotatable bonds is 33. The second-order valence-electron chi connectivity index (χ2n) is 16.7. The monoisotopic (exact) mass is 811 g/mol. The number of unbranched alkanes of at least 4 members (excludes halogenated alkanes) is 21. The molecule has 0 fully saturated rings. The summed E-state index contributed by atoms with van der Waals surface area (Å²) in [6.45, 7) is 13.5. The molecule has 3 rings (SSSR count). The molecular weight excluding hydrogens is 723 g/mol. The molecule has 320 valence electrons. The van der Waals surface area contributed by atoms with E-state index >= 15 is 0 Å². The van der Waals surface area contributed by atoms with Gasteiger partial charge in [0.1, 0.15) is 0 Å². The molecule has 0 radical (unpaired) electrons. The third-order valence-electron chi connectivity index (χ3n) is 11.4. The van der Waals surface area contributed by atoms with Crippen LogP contribution in [0.4, 0.5) is 0 Å². The Labute approximate surface area is 354 Å². The molecule has 1 heterocycles. The van der Waals surface area contributed by atoms with Gasteiger partial charge in [-0.1, -0.05) is 121 Å². The summed E-state index contributed by atoms with van der Waals surface area (Å²) in [5, 5.41) is 2.85. The van der Waals surface area contributed by atoms with Crippen molar-refractivity contribution in [2.45, 2.75) is 239 Å². The van der Waals surface area contributed by atoms with Crippen LogP contribution in [0, 0.1) is 6.92 Å². The van der Waals surface area contributed by atoms with Crippen LogP contribution < -0.4 is 0 Å². The summed E-state index contributed by atoms with van der Waals surface area (Å²) < 4.78 is 1.56. The van der Waals surface area contributed by atoms with E-state index in [-0.39, 0.29) is 0 Å². The fourth-order valence-corrected chi connectivity index (χ4v) is 9.19. The first-order chi connectivity index (χ1) is 27.5. The average molecular weight is 812 g/mol. The Morgan fingerprint density at radius 3 is 1.27 bits per heavy atom. The van der Waals surface area contributed by atoms with E-state index in [9.17, 15) is 5.53 Å². The molecular formula is C53H88N2Ni. The number of allylic oxidation sites excluding steroid dienone is 2. The number of nitrogens with zero attached hydrogens (tertiary/aromatic N) is 2. The molecule has 0 saturated heterocycles. The topological polar surface area (TPSA) is 25.3 Å². The summed E-state index contributed by atoms with van der Waals surface area (Å²) in [7, 11) is 0. The Morgan fingerprint density at radius 1 is 0.429 bits per heavy atom. The van der Waals surface area contributed by atoms with Gasteiger partial charge in [-0.3, -0.25) is 0 Å². The van der Waals surface area contributed by atoms with Crippen LogP contribution in [0.1, 0.15) is 237 Å². The van der Waals surface area contributed by atoms with E-state index in [0.717, 1.165) is 41.8 Å². The zero-order chi connectivity index (χ0) is 40.5. The summed E-state index contributed by atoms with van der Waals surface area (Å²) >= 11 is 2.01. The van der Waals surface area contributed by atoms with Crippen LogP contribution in [0.5, 0.6) is 0 Å². The average Bonchev–Trinajstić information content (AvgIpc) is 3.48. The van der Waals surface area contributed by atoms with Gasteiger partial charge in [0, 0.05) is 22.3 Å². The van der Waals surface area contributed by atoms with Crippen LogP contribution in [-0.4, -0.2) is 4.70 Å². The molecule has 1 aliphatic rings. The minimum atomic E-state index is 1.02. The third kappa shape index (κ3) is 21.1. The molecule has 2 aromatic rings. The van der Waals surface area contributed by atoms with E-state index in [1.54, 1.807) is 4.70 Å². The molecule has 3 heteroatoms. The molecule has 0 aliphatic carbocycles. The summed E-state index contributed by atoms with van der Waals surface area (Å²) in [6.07, 6.45) is 38.3. The molecule has 0 unspecified atom stereocenters. The van der Waals surface area contributed by atoms with E-state index < -0.39 is 0 Å². The Bertz CT molecular complexity index is 1340. The van der Waals surface area contributed by atoms with Crippen LogP contribution in [0.15, 0.2) is 59.7 Å². The van der Waals surface area contributed by atoms with E-state index in [2.05, 4.69) is 90.1 Å². The van der Waals surface area contributed by atoms with Crippen molar-refractivity contribution >= 4 is 11.4 Å². The molecule has 1 aliphatic heterocycles. The normalized spacial score (nSPS) is 12.9. The van der Waals surface area contributed by atoms with Crippen LogP contribution >= 0.6 is 0 Å². The van der Waals surface area contributed by atoms with E-state index in [1.165, 1.54) is 200 Å². The van der Waals surface area contributed by atoms with Gasteiger partial charge in [0.15, 0.2) is 0 Å². The SMILES string of the molecule is CCCCCCCCC1=C(c2cccc(C)c2)[N+](=[N-])C(c2cccc(CCCC)c2)=C1CCCCCCCC.CCCCCCC[CH2][Ni][CH2]CCCCCCC. The quantitative estimate of drug-likeness (QED) is 0.0390. The van der Waals surface area contributed by atoms with Gasteiger partial charge in [-0.25, -0.2) is 4.70 Å². The number of aryl methyl sites for hydroxylation is 2. The van der Waals surface area contributed by atoms with Crippen molar-refractivity contribution in [2.75, 3.05) is 0 Å². The Hall–Kier alpha value is -1.99. The standard InChI is InChI=1S/C37H54N2.2C8H17.Ni/c1-5-8-11-13-15-17-26-34-35(27-18-16-14-12-9-6-2)37(33-25-20-23-31(29-33)22-10-7-3)39(38)36(34)32-24-19-21-30(4)28-32;2*1-3-5-7-8-6-4-2;/h19-21,23-25,28-29H,5-18,22,26-27H2,1-4H3;2*1,3-8H2,2H3;. The van der Waals surface area contributed by atoms with Gasteiger partial charge in [-0.15, -0.1) is 0 Å². The van der Waals surface area contributed by atoms with Crippen LogP contribution in [0.25, 0.3) is 16.9 Å². The third-order valence-corrected chi connectivity index (χ3v) is 12.8. The first kappa shape index (κ1) is 50.2. The van der Waals surface area contributed by atoms with Gasteiger partial charge in [0.25, 0.3) is 0 Å². The van der Waals surface area contributed by atoms with Crippen molar-refractivity contribution in [1.82, 2.24) is 0 Å². The predicted molar refractivity (Wildman–Crippen MR) is 246 cm³/mol. The van der Waals surface area contributed by atoms with Crippen LogP contribution in [0.2, 0.25) is 10.8 Å². The zero-order valence-electron chi connectivity index (χ0n) is 37.7. The fourth-order valence-electron chi connectivity index (χ4n) is 7.95. The molecule has 0 spiro atoms. The fraction of sp³-hybridized carbons (Fsp3) is 0.698. The van der Waals surface area contributed by atoms with Crippen LogP contribution in [0.3, 0.4) is 0 Å². The van der Waals surface area contributed by atoms with Gasteiger partial charge < -0.3 is 5.53 Å². The zero-order valence-corrected chi connectivity index (χ0v) is 38.7. The van der Waals surface area contributed by atoms with Crippen LogP contribution in [-0.2, 0) is 20.9 Å². The molecule has 0 atom stereocenters. The van der Waals surface area contributed by atoms with Crippen molar-refractivity contribution in [1.29, 1.82) is 0 Å². The molecule has 0 amide bonds. The number of benzene rings is 2. The summed E-state index contributed by atoms with van der Waals surface area (Å²) in [4.78, 5) is 0. The summed E-state index contributed by atoms with van der Waals surface area (Å²) in [5.74, 6) is 0. The molecule has 2 nitrogen and oxygen atoms in total. The Balaban J connectivity index is 0.000000536. The summed E-state index contributed by atoms with van der Waals surface area (Å²) in [6, 6.07) is 17.7. The first-order valence-corrected chi connectivity index (χ1v) is 25.5. The molecule has 0 N–H and O–H groups in total. The van der Waals surface area contributed by atoms with Gasteiger partial charge in [0.2, 0.25) is 11.4 Å². The van der Waals surface area contributed by atoms with Gasteiger partial charge >= 0.3 is 116 Å². The summed E-state index contributed by atoms with van der Waals surface area (Å²) in [5.41, 5.74) is 21.6. The first-order valence-electron chi connectivity index (χ1n) is 24.1. The Morgan fingerprint density at radius 2 is 0.821 bits per heavy atom. The minimum absolute atomic E-state index is 1.02. The molecule has 56 heavy (non-hydrogen) atoms. The van der Waals surface area contributed by atoms with Crippen molar-refractivity contribution in [3.63, 3.8) is 0 Å². The van der Waals surface area contributed by atoms with Crippen molar-refractivity contribution in [2.24, 2.45) is 0 Å². The second-order valence-corrected chi connectivity index (χ2v) is 18.2. The van der Waals surface area contributed by atoms with E-state index in [1.807, 2.05) is 14.4 Å². The molecule has 2 aromatic carbocycles. The van der Waals surface area contributed by atoms with Crippen molar-refractivity contribution in [3.8, 4) is 0 Å².